The second-order valence-electron chi connectivity index (χ2n) is 4.82. The molecule has 0 spiro atoms. The molecule has 1 N–H and O–H groups in total. The van der Waals surface area contributed by atoms with Gasteiger partial charge in [-0.1, -0.05) is 0 Å². The molecule has 0 bridgehead atoms. The van der Waals surface area contributed by atoms with E-state index in [1.807, 2.05) is 7.05 Å². The summed E-state index contributed by atoms with van der Waals surface area (Å²) in [7, 11) is 2.02. The van der Waals surface area contributed by atoms with Crippen molar-refractivity contribution in [2.24, 2.45) is 0 Å². The highest BCUT2D eigenvalue weighted by Crippen LogP contribution is 2.10. The van der Waals surface area contributed by atoms with Crippen LogP contribution < -0.4 is 0 Å². The minimum atomic E-state index is -0.971. The van der Waals surface area contributed by atoms with Crippen LogP contribution in [0.4, 0.5) is 0 Å². The van der Waals surface area contributed by atoms with Gasteiger partial charge in [-0.15, -0.1) is 0 Å². The standard InChI is InChI=1S/C12H18N4O3/c1-9(12(18)19)16-8-10(7-13-16)11(17)15-5-3-14(2)4-6-15/h7-9H,3-6H2,1-2H3,(H,18,19). The van der Waals surface area contributed by atoms with E-state index in [-0.39, 0.29) is 5.91 Å². The van der Waals surface area contributed by atoms with Crippen molar-refractivity contribution >= 4 is 11.9 Å². The number of nitrogens with zero attached hydrogens (tertiary/aromatic N) is 4. The van der Waals surface area contributed by atoms with Gasteiger partial charge >= 0.3 is 5.97 Å². The quantitative estimate of drug-likeness (QED) is 0.827. The molecule has 0 aliphatic carbocycles. The number of likely N-dealkylation sites (N-methyl/N-ethyl adjacent to an activating group) is 1. The zero-order valence-corrected chi connectivity index (χ0v) is 11.1. The van der Waals surface area contributed by atoms with Gasteiger partial charge in [-0.2, -0.15) is 5.10 Å². The predicted molar refractivity (Wildman–Crippen MR) is 68.0 cm³/mol. The van der Waals surface area contributed by atoms with E-state index in [1.54, 1.807) is 4.90 Å². The molecule has 7 heteroatoms. The molecule has 1 aromatic rings. The Balaban J connectivity index is 2.06. The zero-order valence-electron chi connectivity index (χ0n) is 11.1. The van der Waals surface area contributed by atoms with Crippen molar-refractivity contribution in [1.82, 2.24) is 19.6 Å². The van der Waals surface area contributed by atoms with Gasteiger partial charge in [0.1, 0.15) is 6.04 Å². The summed E-state index contributed by atoms with van der Waals surface area (Å²) in [5.41, 5.74) is 0.442. The summed E-state index contributed by atoms with van der Waals surface area (Å²) in [5, 5.41) is 12.8. The van der Waals surface area contributed by atoms with Crippen LogP contribution in [-0.2, 0) is 4.79 Å². The van der Waals surface area contributed by atoms with E-state index in [0.29, 0.717) is 18.7 Å². The van der Waals surface area contributed by atoms with Crippen LogP contribution in [0.2, 0.25) is 0 Å². The summed E-state index contributed by atoms with van der Waals surface area (Å²) >= 11 is 0. The number of hydrogen-bond donors (Lipinski definition) is 1. The normalized spacial score (nSPS) is 18.3. The van der Waals surface area contributed by atoms with Crippen LogP contribution in [0.5, 0.6) is 0 Å². The number of aliphatic carboxylic acids is 1. The van der Waals surface area contributed by atoms with Gasteiger partial charge in [0, 0.05) is 32.4 Å². The Hall–Kier alpha value is -1.89. The van der Waals surface area contributed by atoms with Crippen LogP contribution in [0.1, 0.15) is 23.3 Å². The van der Waals surface area contributed by atoms with Gasteiger partial charge in [0.2, 0.25) is 0 Å². The highest BCUT2D eigenvalue weighted by atomic mass is 16.4. The fraction of sp³-hybridized carbons (Fsp3) is 0.583. The molecule has 2 rings (SSSR count). The summed E-state index contributed by atoms with van der Waals surface area (Å²) in [5.74, 6) is -1.06. The molecule has 1 aromatic heterocycles. The van der Waals surface area contributed by atoms with Crippen molar-refractivity contribution in [3.05, 3.63) is 18.0 Å². The van der Waals surface area contributed by atoms with Crippen LogP contribution in [0.25, 0.3) is 0 Å². The second-order valence-corrected chi connectivity index (χ2v) is 4.82. The maximum atomic E-state index is 12.2. The predicted octanol–water partition coefficient (Wildman–Crippen LogP) is -0.0837. The van der Waals surface area contributed by atoms with E-state index in [1.165, 1.54) is 24.0 Å². The monoisotopic (exact) mass is 266 g/mol. The van der Waals surface area contributed by atoms with E-state index >= 15 is 0 Å². The van der Waals surface area contributed by atoms with E-state index in [4.69, 9.17) is 5.11 Å². The minimum Gasteiger partial charge on any atom is -0.480 e. The van der Waals surface area contributed by atoms with Gasteiger partial charge in [-0.05, 0) is 14.0 Å². The molecule has 1 atom stereocenters. The first kappa shape index (κ1) is 13.5. The fourth-order valence-corrected chi connectivity index (χ4v) is 1.97. The Morgan fingerprint density at radius 2 is 1.95 bits per heavy atom. The number of carboxylic acid groups (broad SMARTS) is 1. The third kappa shape index (κ3) is 2.93. The Labute approximate surface area is 111 Å². The maximum Gasteiger partial charge on any atom is 0.328 e. The number of aromatic nitrogens is 2. The van der Waals surface area contributed by atoms with Gasteiger partial charge in [0.15, 0.2) is 0 Å². The van der Waals surface area contributed by atoms with Crippen LogP contribution in [0.3, 0.4) is 0 Å². The molecule has 1 amide bonds. The lowest BCUT2D eigenvalue weighted by molar-refractivity contribution is -0.140. The number of rotatable bonds is 3. The molecule has 0 aromatic carbocycles. The minimum absolute atomic E-state index is 0.0862. The number of hydrogen-bond acceptors (Lipinski definition) is 4. The zero-order chi connectivity index (χ0) is 14.0. The number of carbonyl (C=O) groups is 2. The third-order valence-corrected chi connectivity index (χ3v) is 3.39. The molecule has 1 saturated heterocycles. The largest absolute Gasteiger partial charge is 0.480 e. The first-order valence-corrected chi connectivity index (χ1v) is 6.24. The Morgan fingerprint density at radius 3 is 2.53 bits per heavy atom. The Bertz CT molecular complexity index is 477. The average molecular weight is 266 g/mol. The van der Waals surface area contributed by atoms with E-state index in [0.717, 1.165) is 13.1 Å². The molecule has 2 heterocycles. The summed E-state index contributed by atoms with van der Waals surface area (Å²) in [6.07, 6.45) is 2.93. The lowest BCUT2D eigenvalue weighted by Crippen LogP contribution is -2.47. The van der Waals surface area contributed by atoms with Crippen LogP contribution in [0.15, 0.2) is 12.4 Å². The van der Waals surface area contributed by atoms with E-state index < -0.39 is 12.0 Å². The molecule has 104 valence electrons. The molecule has 1 aliphatic heterocycles. The fourth-order valence-electron chi connectivity index (χ4n) is 1.97. The van der Waals surface area contributed by atoms with Crippen molar-refractivity contribution in [3.8, 4) is 0 Å². The summed E-state index contributed by atoms with van der Waals surface area (Å²) in [4.78, 5) is 27.0. The van der Waals surface area contributed by atoms with Crippen LogP contribution in [-0.4, -0.2) is 69.8 Å². The molecular formula is C12H18N4O3. The van der Waals surface area contributed by atoms with Crippen LogP contribution >= 0.6 is 0 Å². The molecule has 1 unspecified atom stereocenters. The number of carbonyl (C=O) groups excluding carboxylic acids is 1. The molecular weight excluding hydrogens is 248 g/mol. The summed E-state index contributed by atoms with van der Waals surface area (Å²) in [6.45, 7) is 4.61. The molecule has 1 fully saturated rings. The molecule has 7 nitrogen and oxygen atoms in total. The molecule has 1 aliphatic rings. The van der Waals surface area contributed by atoms with Crippen LogP contribution in [0, 0.1) is 0 Å². The Kier molecular flexibility index (Phi) is 3.84. The van der Waals surface area contributed by atoms with Gasteiger partial charge < -0.3 is 14.9 Å². The topological polar surface area (TPSA) is 78.7 Å². The van der Waals surface area contributed by atoms with E-state index in [9.17, 15) is 9.59 Å². The first-order valence-electron chi connectivity index (χ1n) is 6.24. The highest BCUT2D eigenvalue weighted by Gasteiger charge is 2.23. The smallest absolute Gasteiger partial charge is 0.328 e. The maximum absolute atomic E-state index is 12.2. The van der Waals surface area contributed by atoms with Crippen molar-refractivity contribution in [3.63, 3.8) is 0 Å². The number of amides is 1. The number of piperazine rings is 1. The third-order valence-electron chi connectivity index (χ3n) is 3.39. The van der Waals surface area contributed by atoms with Gasteiger partial charge in [-0.25, -0.2) is 4.79 Å². The summed E-state index contributed by atoms with van der Waals surface area (Å²) < 4.78 is 1.30. The average Bonchev–Trinajstić information content (AvgIpc) is 2.87. The van der Waals surface area contributed by atoms with Gasteiger partial charge in [0.25, 0.3) is 5.91 Å². The second kappa shape index (κ2) is 5.40. The summed E-state index contributed by atoms with van der Waals surface area (Å²) in [6, 6.07) is -0.769. The first-order chi connectivity index (χ1) is 8.99. The lowest BCUT2D eigenvalue weighted by atomic mass is 10.2. The van der Waals surface area contributed by atoms with Gasteiger partial charge in [0.05, 0.1) is 11.8 Å². The van der Waals surface area contributed by atoms with Crippen molar-refractivity contribution in [2.75, 3.05) is 33.2 Å². The van der Waals surface area contributed by atoms with Gasteiger partial charge in [-0.3, -0.25) is 9.48 Å². The molecule has 19 heavy (non-hydrogen) atoms. The van der Waals surface area contributed by atoms with Crippen molar-refractivity contribution < 1.29 is 14.7 Å². The lowest BCUT2D eigenvalue weighted by Gasteiger charge is -2.32. The van der Waals surface area contributed by atoms with Crippen molar-refractivity contribution in [2.45, 2.75) is 13.0 Å². The Morgan fingerprint density at radius 1 is 1.32 bits per heavy atom. The molecule has 0 saturated carbocycles. The van der Waals surface area contributed by atoms with E-state index in [2.05, 4.69) is 10.00 Å². The van der Waals surface area contributed by atoms with Crippen molar-refractivity contribution in [1.29, 1.82) is 0 Å². The highest BCUT2D eigenvalue weighted by molar-refractivity contribution is 5.93. The molecule has 0 radical (unpaired) electrons. The number of carboxylic acids is 1. The SMILES string of the molecule is CC(C(=O)O)n1cc(C(=O)N2CCN(C)CC2)cn1.